The smallest absolute Gasteiger partial charge is 0.269 e. The van der Waals surface area contributed by atoms with E-state index in [1.807, 2.05) is 36.2 Å². The Bertz CT molecular complexity index is 746. The number of nitrogens with one attached hydrogen (secondary N) is 1. The lowest BCUT2D eigenvalue weighted by Gasteiger charge is -2.24. The fourth-order valence-corrected chi connectivity index (χ4v) is 2.31. The van der Waals surface area contributed by atoms with Crippen LogP contribution in [0, 0.1) is 10.1 Å². The summed E-state index contributed by atoms with van der Waals surface area (Å²) in [6.07, 6.45) is 0. The van der Waals surface area contributed by atoms with Crippen molar-refractivity contribution in [3.8, 4) is 5.75 Å². The maximum absolute atomic E-state index is 12.4. The minimum absolute atomic E-state index is 0.0128. The highest BCUT2D eigenvalue weighted by molar-refractivity contribution is 5.94. The number of non-ortho nitro benzene ring substituents is 1. The van der Waals surface area contributed by atoms with E-state index >= 15 is 0 Å². The van der Waals surface area contributed by atoms with Crippen LogP contribution >= 0.6 is 0 Å². The second kappa shape index (κ2) is 8.25. The van der Waals surface area contributed by atoms with Crippen LogP contribution in [-0.4, -0.2) is 35.9 Å². The van der Waals surface area contributed by atoms with E-state index in [2.05, 4.69) is 5.32 Å². The molecule has 2 aromatic carbocycles. The van der Waals surface area contributed by atoms with Gasteiger partial charge in [0.1, 0.15) is 5.75 Å². The molecule has 1 N–H and O–H groups in total. The van der Waals surface area contributed by atoms with Crippen molar-refractivity contribution in [2.75, 3.05) is 19.5 Å². The summed E-state index contributed by atoms with van der Waals surface area (Å²) in [7, 11) is 3.47. The molecule has 2 aromatic rings. The fraction of sp³-hybridized carbons (Fsp3) is 0.278. The molecule has 0 aliphatic carbocycles. The first-order chi connectivity index (χ1) is 11.9. The van der Waals surface area contributed by atoms with Crippen LogP contribution in [0.1, 0.15) is 12.5 Å². The van der Waals surface area contributed by atoms with Crippen molar-refractivity contribution < 1.29 is 14.5 Å². The van der Waals surface area contributed by atoms with E-state index < -0.39 is 4.92 Å². The van der Waals surface area contributed by atoms with Crippen LogP contribution in [0.3, 0.4) is 0 Å². The average Bonchev–Trinajstić information content (AvgIpc) is 2.61. The van der Waals surface area contributed by atoms with Crippen molar-refractivity contribution >= 4 is 17.3 Å². The number of nitrogens with zero attached hydrogens (tertiary/aromatic N) is 2. The summed E-state index contributed by atoms with van der Waals surface area (Å²) in [6, 6.07) is 13.1. The third-order valence-corrected chi connectivity index (χ3v) is 3.95. The number of carbonyl (C=O) groups is 1. The van der Waals surface area contributed by atoms with Gasteiger partial charge in [0.15, 0.2) is 0 Å². The number of rotatable bonds is 7. The van der Waals surface area contributed by atoms with Gasteiger partial charge in [0.2, 0.25) is 5.91 Å². The summed E-state index contributed by atoms with van der Waals surface area (Å²) in [5, 5.41) is 13.4. The van der Waals surface area contributed by atoms with Crippen LogP contribution in [0.25, 0.3) is 0 Å². The summed E-state index contributed by atoms with van der Waals surface area (Å²) in [6.45, 7) is 2.40. The molecule has 1 amide bonds. The zero-order valence-electron chi connectivity index (χ0n) is 14.4. The highest BCUT2D eigenvalue weighted by Gasteiger charge is 2.18. The molecular weight excluding hydrogens is 322 g/mol. The predicted molar refractivity (Wildman–Crippen MR) is 95.6 cm³/mol. The second-order valence-electron chi connectivity index (χ2n) is 5.74. The van der Waals surface area contributed by atoms with Crippen molar-refractivity contribution in [2.45, 2.75) is 19.5 Å². The van der Waals surface area contributed by atoms with E-state index in [4.69, 9.17) is 4.74 Å². The van der Waals surface area contributed by atoms with Crippen LogP contribution in [0.4, 0.5) is 11.4 Å². The van der Waals surface area contributed by atoms with E-state index in [0.29, 0.717) is 12.2 Å². The molecule has 1 atom stereocenters. The molecule has 7 heteroatoms. The summed E-state index contributed by atoms with van der Waals surface area (Å²) >= 11 is 0. The highest BCUT2D eigenvalue weighted by atomic mass is 16.6. The van der Waals surface area contributed by atoms with Gasteiger partial charge in [-0.1, -0.05) is 12.1 Å². The SMILES string of the molecule is COc1cccc(CN(C)C(C)C(=O)Nc2ccc([N+](=O)[O-])cc2)c1. The van der Waals surface area contributed by atoms with E-state index in [0.717, 1.165) is 11.3 Å². The van der Waals surface area contributed by atoms with Gasteiger partial charge in [-0.2, -0.15) is 0 Å². The number of amides is 1. The van der Waals surface area contributed by atoms with Crippen LogP contribution < -0.4 is 10.1 Å². The summed E-state index contributed by atoms with van der Waals surface area (Å²) in [5.74, 6) is 0.591. The van der Waals surface area contributed by atoms with E-state index in [-0.39, 0.29) is 17.6 Å². The number of nitro groups is 1. The number of anilines is 1. The molecule has 132 valence electrons. The van der Waals surface area contributed by atoms with E-state index in [9.17, 15) is 14.9 Å². The lowest BCUT2D eigenvalue weighted by Crippen LogP contribution is -2.39. The first-order valence-corrected chi connectivity index (χ1v) is 7.79. The van der Waals surface area contributed by atoms with E-state index in [1.165, 1.54) is 24.3 Å². The lowest BCUT2D eigenvalue weighted by atomic mass is 10.1. The topological polar surface area (TPSA) is 84.7 Å². The zero-order chi connectivity index (χ0) is 18.4. The second-order valence-corrected chi connectivity index (χ2v) is 5.74. The van der Waals surface area contributed by atoms with Crippen molar-refractivity contribution in [3.63, 3.8) is 0 Å². The summed E-state index contributed by atoms with van der Waals surface area (Å²) < 4.78 is 5.20. The van der Waals surface area contributed by atoms with Crippen LogP contribution in [0.15, 0.2) is 48.5 Å². The monoisotopic (exact) mass is 343 g/mol. The molecule has 1 unspecified atom stereocenters. The average molecular weight is 343 g/mol. The van der Waals surface area contributed by atoms with E-state index in [1.54, 1.807) is 14.0 Å². The Labute approximate surface area is 146 Å². The number of hydrogen-bond donors (Lipinski definition) is 1. The minimum Gasteiger partial charge on any atom is -0.497 e. The zero-order valence-corrected chi connectivity index (χ0v) is 14.4. The predicted octanol–water partition coefficient (Wildman–Crippen LogP) is 3.06. The van der Waals surface area contributed by atoms with Gasteiger partial charge in [-0.15, -0.1) is 0 Å². The molecular formula is C18H21N3O4. The van der Waals surface area contributed by atoms with Gasteiger partial charge in [0.05, 0.1) is 18.1 Å². The highest BCUT2D eigenvalue weighted by Crippen LogP contribution is 2.17. The molecule has 0 radical (unpaired) electrons. The Kier molecular flexibility index (Phi) is 6.08. The maximum atomic E-state index is 12.4. The fourth-order valence-electron chi connectivity index (χ4n) is 2.31. The third-order valence-electron chi connectivity index (χ3n) is 3.95. The Morgan fingerprint density at radius 3 is 2.56 bits per heavy atom. The normalized spacial score (nSPS) is 11.8. The molecule has 7 nitrogen and oxygen atoms in total. The number of benzene rings is 2. The number of nitro benzene ring substituents is 1. The van der Waals surface area contributed by atoms with Crippen molar-refractivity contribution in [1.82, 2.24) is 4.90 Å². The van der Waals surface area contributed by atoms with Crippen LogP contribution in [-0.2, 0) is 11.3 Å². The summed E-state index contributed by atoms with van der Waals surface area (Å²) in [5.41, 5.74) is 1.55. The Balaban J connectivity index is 1.97. The van der Waals surface area contributed by atoms with Gasteiger partial charge in [-0.3, -0.25) is 19.8 Å². The van der Waals surface area contributed by atoms with Gasteiger partial charge in [0, 0.05) is 24.4 Å². The maximum Gasteiger partial charge on any atom is 0.269 e. The number of carbonyl (C=O) groups excluding carboxylic acids is 1. The molecule has 0 aliphatic rings. The minimum atomic E-state index is -0.476. The number of hydrogen-bond acceptors (Lipinski definition) is 5. The number of ether oxygens (including phenoxy) is 1. The molecule has 2 rings (SSSR count). The molecule has 0 saturated heterocycles. The third kappa shape index (κ3) is 5.02. The first kappa shape index (κ1) is 18.4. The standard InChI is InChI=1S/C18H21N3O4/c1-13(20(2)12-14-5-4-6-17(11-14)25-3)18(22)19-15-7-9-16(10-8-15)21(23)24/h4-11,13H,12H2,1-3H3,(H,19,22). The van der Waals surface area contributed by atoms with Gasteiger partial charge < -0.3 is 10.1 Å². The lowest BCUT2D eigenvalue weighted by molar-refractivity contribution is -0.384. The number of methoxy groups -OCH3 is 1. The molecule has 0 spiro atoms. The molecule has 0 bridgehead atoms. The van der Waals surface area contributed by atoms with Crippen molar-refractivity contribution in [3.05, 3.63) is 64.2 Å². The largest absolute Gasteiger partial charge is 0.497 e. The molecule has 0 fully saturated rings. The van der Waals surface area contributed by atoms with Gasteiger partial charge in [-0.25, -0.2) is 0 Å². The molecule has 0 aromatic heterocycles. The van der Waals surface area contributed by atoms with Gasteiger partial charge in [0.25, 0.3) is 5.69 Å². The van der Waals surface area contributed by atoms with Crippen molar-refractivity contribution in [2.24, 2.45) is 0 Å². The van der Waals surface area contributed by atoms with Gasteiger partial charge in [-0.05, 0) is 43.8 Å². The Morgan fingerprint density at radius 1 is 1.28 bits per heavy atom. The number of likely N-dealkylation sites (N-methyl/N-ethyl adjacent to an activating group) is 1. The quantitative estimate of drug-likeness (QED) is 0.617. The van der Waals surface area contributed by atoms with Crippen LogP contribution in [0.5, 0.6) is 5.75 Å². The van der Waals surface area contributed by atoms with Gasteiger partial charge >= 0.3 is 0 Å². The molecule has 0 saturated carbocycles. The van der Waals surface area contributed by atoms with Crippen LogP contribution in [0.2, 0.25) is 0 Å². The summed E-state index contributed by atoms with van der Waals surface area (Å²) in [4.78, 5) is 24.5. The first-order valence-electron chi connectivity index (χ1n) is 7.79. The molecule has 0 heterocycles. The molecule has 0 aliphatic heterocycles. The Hall–Kier alpha value is -2.93. The Morgan fingerprint density at radius 2 is 1.96 bits per heavy atom. The van der Waals surface area contributed by atoms with Crippen molar-refractivity contribution in [1.29, 1.82) is 0 Å². The molecule has 25 heavy (non-hydrogen) atoms.